The zero-order valence-corrected chi connectivity index (χ0v) is 14.6. The van der Waals surface area contributed by atoms with Crippen molar-refractivity contribution >= 4 is 0 Å². The molecule has 0 aliphatic heterocycles. The molecule has 6 atom stereocenters. The predicted octanol–water partition coefficient (Wildman–Crippen LogP) is 4.08. The molecule has 2 heteroatoms. The number of allylic oxidation sites excluding steroid dienone is 2. The second-order valence-electron chi connectivity index (χ2n) is 9.18. The highest BCUT2D eigenvalue weighted by atomic mass is 16.3. The topological polar surface area (TPSA) is 40.5 Å². The molecule has 0 unspecified atom stereocenters. The van der Waals surface area contributed by atoms with Crippen molar-refractivity contribution in [2.24, 2.45) is 28.1 Å². The van der Waals surface area contributed by atoms with Gasteiger partial charge in [0, 0.05) is 5.41 Å². The number of aliphatic hydroxyl groups excluding tert-OH is 2. The summed E-state index contributed by atoms with van der Waals surface area (Å²) in [6.07, 6.45) is 8.71. The molecule has 0 amide bonds. The average Bonchev–Trinajstić information content (AvgIpc) is 2.47. The number of rotatable bonds is 1. The first-order chi connectivity index (χ1) is 10.1. The van der Waals surface area contributed by atoms with E-state index in [1.54, 1.807) is 0 Å². The van der Waals surface area contributed by atoms with Gasteiger partial charge in [-0.15, -0.1) is 6.58 Å². The molecule has 2 N–H and O–H groups in total. The van der Waals surface area contributed by atoms with Gasteiger partial charge >= 0.3 is 0 Å². The fourth-order valence-corrected chi connectivity index (χ4v) is 5.55. The van der Waals surface area contributed by atoms with Gasteiger partial charge in [-0.2, -0.15) is 0 Å². The van der Waals surface area contributed by atoms with Gasteiger partial charge in [0.2, 0.25) is 0 Å². The lowest BCUT2D eigenvalue weighted by molar-refractivity contribution is -0.107. The van der Waals surface area contributed by atoms with Crippen molar-refractivity contribution in [2.45, 2.75) is 72.0 Å². The fraction of sp³-hybridized carbons (Fsp3) is 0.800. The molecule has 22 heavy (non-hydrogen) atoms. The van der Waals surface area contributed by atoms with Crippen molar-refractivity contribution in [2.75, 3.05) is 0 Å². The summed E-state index contributed by atoms with van der Waals surface area (Å²) in [6, 6.07) is 0. The van der Waals surface area contributed by atoms with E-state index in [0.717, 1.165) is 6.42 Å². The van der Waals surface area contributed by atoms with Gasteiger partial charge in [0.15, 0.2) is 0 Å². The summed E-state index contributed by atoms with van der Waals surface area (Å²) in [4.78, 5) is 0. The van der Waals surface area contributed by atoms with E-state index in [-0.39, 0.29) is 16.2 Å². The van der Waals surface area contributed by atoms with Crippen LogP contribution >= 0.6 is 0 Å². The molecule has 3 aliphatic rings. The minimum atomic E-state index is -0.641. The Morgan fingerprint density at radius 3 is 2.50 bits per heavy atom. The van der Waals surface area contributed by atoms with Crippen LogP contribution in [0, 0.1) is 28.1 Å². The van der Waals surface area contributed by atoms with Gasteiger partial charge in [0.05, 0.1) is 12.2 Å². The van der Waals surface area contributed by atoms with E-state index in [9.17, 15) is 10.2 Å². The molecular weight excluding hydrogens is 272 g/mol. The standard InChI is InChI=1S/C20H32O2/c1-6-19(4)9-10-20(5)13(12-19)7-8-14-15(20)11-16(21)17(22)18(14,2)3/h6,8,13,15-17,21-22H,1,7,9-12H2,2-5H3/t13-,15-,16+,17+,19-,20-/m0/s1. The Bertz CT molecular complexity index is 506. The molecule has 3 aliphatic carbocycles. The van der Waals surface area contributed by atoms with Crippen LogP contribution in [0.4, 0.5) is 0 Å². The Kier molecular flexibility index (Phi) is 3.66. The van der Waals surface area contributed by atoms with Crippen LogP contribution in [-0.4, -0.2) is 22.4 Å². The normalized spacial score (nSPS) is 50.5. The molecule has 0 aromatic heterocycles. The second kappa shape index (κ2) is 4.95. The SMILES string of the molecule is C=C[C@@]1(C)CC[C@@]2(C)[C@@H](CC=C3[C@@H]2C[C@@H](O)[C@@H](O)C3(C)C)C1. The van der Waals surface area contributed by atoms with Crippen molar-refractivity contribution in [1.82, 2.24) is 0 Å². The van der Waals surface area contributed by atoms with Crippen LogP contribution in [0.3, 0.4) is 0 Å². The molecule has 0 bridgehead atoms. The highest BCUT2D eigenvalue weighted by Gasteiger charge is 2.56. The van der Waals surface area contributed by atoms with E-state index >= 15 is 0 Å². The first kappa shape index (κ1) is 16.3. The lowest BCUT2D eigenvalue weighted by Crippen LogP contribution is -2.55. The molecule has 3 rings (SSSR count). The molecule has 0 spiro atoms. The highest BCUT2D eigenvalue weighted by Crippen LogP contribution is 2.63. The van der Waals surface area contributed by atoms with Gasteiger partial charge < -0.3 is 10.2 Å². The van der Waals surface area contributed by atoms with Crippen LogP contribution in [0.1, 0.15) is 59.8 Å². The Hall–Kier alpha value is -0.600. The molecule has 0 heterocycles. The van der Waals surface area contributed by atoms with Crippen LogP contribution in [0.25, 0.3) is 0 Å². The molecule has 2 nitrogen and oxygen atoms in total. The molecule has 0 aromatic rings. The Morgan fingerprint density at radius 2 is 1.86 bits per heavy atom. The zero-order valence-electron chi connectivity index (χ0n) is 14.6. The number of fused-ring (bicyclic) bond motifs is 3. The summed E-state index contributed by atoms with van der Waals surface area (Å²) >= 11 is 0. The molecule has 2 fully saturated rings. The van der Waals surface area contributed by atoms with E-state index < -0.39 is 12.2 Å². The van der Waals surface area contributed by atoms with Crippen LogP contribution in [-0.2, 0) is 0 Å². The molecule has 0 radical (unpaired) electrons. The third-order valence-corrected chi connectivity index (χ3v) is 7.49. The monoisotopic (exact) mass is 304 g/mol. The van der Waals surface area contributed by atoms with Gasteiger partial charge in [-0.1, -0.05) is 45.4 Å². The molecule has 0 saturated heterocycles. The molecule has 2 saturated carbocycles. The van der Waals surface area contributed by atoms with Crippen LogP contribution in [0.2, 0.25) is 0 Å². The quantitative estimate of drug-likeness (QED) is 0.717. The summed E-state index contributed by atoms with van der Waals surface area (Å²) in [6.45, 7) is 13.0. The van der Waals surface area contributed by atoms with Gasteiger partial charge in [0.25, 0.3) is 0 Å². The van der Waals surface area contributed by atoms with Crippen LogP contribution < -0.4 is 0 Å². The first-order valence-electron chi connectivity index (χ1n) is 8.84. The molecule has 124 valence electrons. The molecule has 0 aromatic carbocycles. The number of aliphatic hydroxyl groups is 2. The molecular formula is C20H32O2. The van der Waals surface area contributed by atoms with E-state index in [0.29, 0.717) is 18.3 Å². The lowest BCUT2D eigenvalue weighted by atomic mass is 9.46. The van der Waals surface area contributed by atoms with E-state index in [1.165, 1.54) is 24.8 Å². The van der Waals surface area contributed by atoms with Crippen LogP contribution in [0.5, 0.6) is 0 Å². The number of hydrogen-bond acceptors (Lipinski definition) is 2. The maximum atomic E-state index is 10.4. The minimum Gasteiger partial charge on any atom is -0.390 e. The van der Waals surface area contributed by atoms with Crippen molar-refractivity contribution < 1.29 is 10.2 Å². The van der Waals surface area contributed by atoms with Crippen molar-refractivity contribution in [3.8, 4) is 0 Å². The average molecular weight is 304 g/mol. The highest BCUT2D eigenvalue weighted by molar-refractivity contribution is 5.29. The lowest BCUT2D eigenvalue weighted by Gasteiger charge is -2.59. The van der Waals surface area contributed by atoms with Crippen molar-refractivity contribution in [3.63, 3.8) is 0 Å². The third kappa shape index (κ3) is 2.14. The summed E-state index contributed by atoms with van der Waals surface area (Å²) in [7, 11) is 0. The Morgan fingerprint density at radius 1 is 1.18 bits per heavy atom. The summed E-state index contributed by atoms with van der Waals surface area (Å²) in [5.41, 5.74) is 1.60. The van der Waals surface area contributed by atoms with Gasteiger partial charge in [-0.05, 0) is 54.8 Å². The van der Waals surface area contributed by atoms with E-state index in [1.807, 2.05) is 0 Å². The van der Waals surface area contributed by atoms with Crippen molar-refractivity contribution in [1.29, 1.82) is 0 Å². The number of hydrogen-bond donors (Lipinski definition) is 2. The van der Waals surface area contributed by atoms with E-state index in [4.69, 9.17) is 0 Å². The largest absolute Gasteiger partial charge is 0.390 e. The van der Waals surface area contributed by atoms with Gasteiger partial charge in [0.1, 0.15) is 0 Å². The third-order valence-electron chi connectivity index (χ3n) is 7.49. The van der Waals surface area contributed by atoms with Gasteiger partial charge in [-0.3, -0.25) is 0 Å². The fourth-order valence-electron chi connectivity index (χ4n) is 5.55. The maximum Gasteiger partial charge on any atom is 0.0887 e. The smallest absolute Gasteiger partial charge is 0.0887 e. The van der Waals surface area contributed by atoms with Gasteiger partial charge in [-0.25, -0.2) is 0 Å². The second-order valence-corrected chi connectivity index (χ2v) is 9.18. The Balaban J connectivity index is 1.98. The summed E-state index contributed by atoms with van der Waals surface area (Å²) in [5.74, 6) is 1.07. The van der Waals surface area contributed by atoms with E-state index in [2.05, 4.69) is 46.4 Å². The predicted molar refractivity (Wildman–Crippen MR) is 90.4 cm³/mol. The van der Waals surface area contributed by atoms with Crippen molar-refractivity contribution in [3.05, 3.63) is 24.3 Å². The first-order valence-corrected chi connectivity index (χ1v) is 8.84. The maximum absolute atomic E-state index is 10.4. The Labute approximate surface area is 135 Å². The van der Waals surface area contributed by atoms with Crippen LogP contribution in [0.15, 0.2) is 24.3 Å². The zero-order chi connectivity index (χ0) is 16.3. The summed E-state index contributed by atoms with van der Waals surface area (Å²) in [5, 5.41) is 20.9. The minimum absolute atomic E-state index is 0.255. The summed E-state index contributed by atoms with van der Waals surface area (Å²) < 4.78 is 0.